The van der Waals surface area contributed by atoms with Crippen molar-refractivity contribution >= 4 is 39.3 Å². The third kappa shape index (κ3) is 4.79. The molecule has 0 bridgehead atoms. The van der Waals surface area contributed by atoms with Crippen molar-refractivity contribution in [1.29, 1.82) is 0 Å². The van der Waals surface area contributed by atoms with Gasteiger partial charge in [0.2, 0.25) is 0 Å². The predicted octanol–water partition coefficient (Wildman–Crippen LogP) is 5.31. The van der Waals surface area contributed by atoms with Crippen molar-refractivity contribution in [2.24, 2.45) is 11.3 Å². The molecule has 1 atom stereocenters. The van der Waals surface area contributed by atoms with Crippen molar-refractivity contribution in [3.8, 4) is 0 Å². The largest absolute Gasteiger partial charge is 0.469 e. The van der Waals surface area contributed by atoms with Crippen molar-refractivity contribution in [2.45, 2.75) is 58.2 Å². The molecule has 3 aromatic rings. The van der Waals surface area contributed by atoms with E-state index in [1.54, 1.807) is 15.9 Å². The van der Waals surface area contributed by atoms with Gasteiger partial charge in [0, 0.05) is 10.6 Å². The van der Waals surface area contributed by atoms with Gasteiger partial charge in [0.15, 0.2) is 5.16 Å². The summed E-state index contributed by atoms with van der Waals surface area (Å²) in [6.45, 7) is 7.38. The number of esters is 1. The predicted molar refractivity (Wildman–Crippen MR) is 132 cm³/mol. The number of aromatic nitrogens is 2. The third-order valence-electron chi connectivity index (χ3n) is 6.31. The Bertz CT molecular complexity index is 1180. The molecule has 2 heterocycles. The van der Waals surface area contributed by atoms with Crippen LogP contribution in [0.1, 0.15) is 49.6 Å². The number of ether oxygens (including phenoxy) is 1. The second-order valence-corrected chi connectivity index (χ2v) is 11.6. The molecule has 0 saturated carbocycles. The van der Waals surface area contributed by atoms with Crippen molar-refractivity contribution in [2.75, 3.05) is 12.9 Å². The molecule has 0 spiro atoms. The first-order chi connectivity index (χ1) is 15.3. The van der Waals surface area contributed by atoms with Gasteiger partial charge >= 0.3 is 5.97 Å². The molecule has 0 radical (unpaired) electrons. The van der Waals surface area contributed by atoms with Crippen LogP contribution in [0.2, 0.25) is 0 Å². The van der Waals surface area contributed by atoms with Crippen LogP contribution in [0.15, 0.2) is 40.3 Å². The number of rotatable bonds is 6. The summed E-state index contributed by atoms with van der Waals surface area (Å²) in [5, 5.41) is 1.46. The lowest BCUT2D eigenvalue weighted by Crippen LogP contribution is -2.27. The molecule has 5 nitrogen and oxygen atoms in total. The number of carbonyl (C=O) groups excluding carboxylic acids is 1. The lowest BCUT2D eigenvalue weighted by Gasteiger charge is -2.33. The van der Waals surface area contributed by atoms with Gasteiger partial charge in [-0.2, -0.15) is 0 Å². The molecule has 0 aliphatic heterocycles. The maximum absolute atomic E-state index is 13.7. The lowest BCUT2D eigenvalue weighted by molar-refractivity contribution is -0.140. The van der Waals surface area contributed by atoms with E-state index in [9.17, 15) is 9.59 Å². The highest BCUT2D eigenvalue weighted by atomic mass is 32.2. The maximum atomic E-state index is 13.7. The third-order valence-corrected chi connectivity index (χ3v) is 8.43. The SMILES string of the molecule is COC(=O)CCSc1nc2sc3c(c2c(=O)n1Cc1ccccc1)CCC(C(C)(C)C)C3. The van der Waals surface area contributed by atoms with E-state index in [4.69, 9.17) is 9.72 Å². The molecule has 0 saturated heterocycles. The monoisotopic (exact) mass is 470 g/mol. The number of benzene rings is 1. The van der Waals surface area contributed by atoms with E-state index in [0.717, 1.165) is 35.0 Å². The molecule has 32 heavy (non-hydrogen) atoms. The summed E-state index contributed by atoms with van der Waals surface area (Å²) in [5.41, 5.74) is 2.55. The van der Waals surface area contributed by atoms with Crippen LogP contribution in [0, 0.1) is 11.3 Å². The van der Waals surface area contributed by atoms with Crippen LogP contribution in [0.4, 0.5) is 0 Å². The molecule has 1 aromatic carbocycles. The first kappa shape index (κ1) is 23.1. The number of aryl methyl sites for hydroxylation is 1. The molecule has 7 heteroatoms. The zero-order valence-corrected chi connectivity index (χ0v) is 20.8. The second kappa shape index (κ2) is 9.40. The molecule has 1 unspecified atom stereocenters. The maximum Gasteiger partial charge on any atom is 0.306 e. The van der Waals surface area contributed by atoms with Crippen molar-refractivity contribution in [3.05, 3.63) is 56.7 Å². The van der Waals surface area contributed by atoms with Crippen LogP contribution in [0.25, 0.3) is 10.2 Å². The van der Waals surface area contributed by atoms with E-state index in [-0.39, 0.29) is 23.4 Å². The highest BCUT2D eigenvalue weighted by Gasteiger charge is 2.32. The van der Waals surface area contributed by atoms with Gasteiger partial charge in [0.1, 0.15) is 4.83 Å². The summed E-state index contributed by atoms with van der Waals surface area (Å²) >= 11 is 3.13. The second-order valence-electron chi connectivity index (χ2n) is 9.44. The van der Waals surface area contributed by atoms with E-state index < -0.39 is 0 Å². The van der Waals surface area contributed by atoms with Crippen LogP contribution in [0.5, 0.6) is 0 Å². The smallest absolute Gasteiger partial charge is 0.306 e. The minimum atomic E-state index is -0.254. The van der Waals surface area contributed by atoms with Crippen LogP contribution >= 0.6 is 23.1 Å². The molecule has 0 amide bonds. The molecule has 0 N–H and O–H groups in total. The average molecular weight is 471 g/mol. The number of nitrogens with zero attached hydrogens (tertiary/aromatic N) is 2. The van der Waals surface area contributed by atoms with E-state index in [1.165, 1.54) is 29.3 Å². The van der Waals surface area contributed by atoms with E-state index in [1.807, 2.05) is 30.3 Å². The highest BCUT2D eigenvalue weighted by molar-refractivity contribution is 7.99. The number of fused-ring (bicyclic) bond motifs is 3. The van der Waals surface area contributed by atoms with Gasteiger partial charge in [-0.1, -0.05) is 62.9 Å². The molecule has 1 aliphatic rings. The van der Waals surface area contributed by atoms with Crippen molar-refractivity contribution in [3.63, 3.8) is 0 Å². The highest BCUT2D eigenvalue weighted by Crippen LogP contribution is 2.42. The Labute approximate surface area is 197 Å². The Kier molecular flexibility index (Phi) is 6.77. The summed E-state index contributed by atoms with van der Waals surface area (Å²) in [4.78, 5) is 32.4. The first-order valence-corrected chi connectivity index (χ1v) is 12.9. The average Bonchev–Trinajstić information content (AvgIpc) is 3.14. The molecule has 1 aliphatic carbocycles. The Morgan fingerprint density at radius 2 is 2.03 bits per heavy atom. The Morgan fingerprint density at radius 1 is 1.28 bits per heavy atom. The van der Waals surface area contributed by atoms with Gasteiger partial charge < -0.3 is 4.74 Å². The molecule has 2 aromatic heterocycles. The standard InChI is InChI=1S/C25H30N2O3S2/c1-25(2,3)17-10-11-18-19(14-17)32-22-21(18)23(29)27(15-16-8-6-5-7-9-16)24(26-22)31-13-12-20(28)30-4/h5-9,17H,10-15H2,1-4H3. The van der Waals surface area contributed by atoms with Crippen LogP contribution in [0.3, 0.4) is 0 Å². The normalized spacial score (nSPS) is 16.2. The quantitative estimate of drug-likeness (QED) is 0.277. The molecule has 4 rings (SSSR count). The molecular weight excluding hydrogens is 440 g/mol. The van der Waals surface area contributed by atoms with Gasteiger partial charge in [-0.05, 0) is 41.7 Å². The number of hydrogen-bond donors (Lipinski definition) is 0. The fourth-order valence-electron chi connectivity index (χ4n) is 4.32. The van der Waals surface area contributed by atoms with E-state index in [0.29, 0.717) is 23.4 Å². The zero-order chi connectivity index (χ0) is 22.9. The van der Waals surface area contributed by atoms with E-state index in [2.05, 4.69) is 20.8 Å². The van der Waals surface area contributed by atoms with Crippen molar-refractivity contribution in [1.82, 2.24) is 9.55 Å². The first-order valence-electron chi connectivity index (χ1n) is 11.1. The Balaban J connectivity index is 1.76. The fourth-order valence-corrected chi connectivity index (χ4v) is 6.58. The number of thiophene rings is 1. The zero-order valence-electron chi connectivity index (χ0n) is 19.1. The summed E-state index contributed by atoms with van der Waals surface area (Å²) in [5.74, 6) is 0.884. The number of hydrogen-bond acceptors (Lipinski definition) is 6. The van der Waals surface area contributed by atoms with Gasteiger partial charge in [-0.15, -0.1) is 11.3 Å². The summed E-state index contributed by atoms with van der Waals surface area (Å²) < 4.78 is 6.54. The van der Waals surface area contributed by atoms with Gasteiger partial charge in [-0.3, -0.25) is 14.2 Å². The number of carbonyl (C=O) groups is 1. The Morgan fingerprint density at radius 3 is 2.72 bits per heavy atom. The summed E-state index contributed by atoms with van der Waals surface area (Å²) in [6, 6.07) is 9.98. The number of methoxy groups -OCH3 is 1. The molecule has 0 fully saturated rings. The van der Waals surface area contributed by atoms with Crippen molar-refractivity contribution < 1.29 is 9.53 Å². The van der Waals surface area contributed by atoms with Crippen LogP contribution < -0.4 is 5.56 Å². The van der Waals surface area contributed by atoms with E-state index >= 15 is 0 Å². The minimum Gasteiger partial charge on any atom is -0.469 e. The van der Waals surface area contributed by atoms with Gasteiger partial charge in [-0.25, -0.2) is 4.98 Å². The lowest BCUT2D eigenvalue weighted by atomic mass is 9.72. The Hall–Kier alpha value is -2.12. The molecular formula is C25H30N2O3S2. The van der Waals surface area contributed by atoms with Gasteiger partial charge in [0.05, 0.1) is 25.5 Å². The summed E-state index contributed by atoms with van der Waals surface area (Å²) in [6.07, 6.45) is 3.35. The van der Waals surface area contributed by atoms with Crippen LogP contribution in [-0.2, 0) is 28.9 Å². The number of thioether (sulfide) groups is 1. The minimum absolute atomic E-state index is 0.0335. The topological polar surface area (TPSA) is 61.2 Å². The van der Waals surface area contributed by atoms with Gasteiger partial charge in [0.25, 0.3) is 5.56 Å². The summed E-state index contributed by atoms with van der Waals surface area (Å²) in [7, 11) is 1.39. The fraction of sp³-hybridized carbons (Fsp3) is 0.480. The van der Waals surface area contributed by atoms with Crippen LogP contribution in [-0.4, -0.2) is 28.4 Å². The molecule has 170 valence electrons.